The van der Waals surface area contributed by atoms with E-state index in [0.717, 1.165) is 21.2 Å². The molecule has 0 saturated heterocycles. The van der Waals surface area contributed by atoms with Crippen molar-refractivity contribution in [1.82, 2.24) is 0 Å². The minimum atomic E-state index is -0.431. The van der Waals surface area contributed by atoms with Gasteiger partial charge in [0.2, 0.25) is 0 Å². The molecule has 7 heteroatoms. The summed E-state index contributed by atoms with van der Waals surface area (Å²) in [6.07, 6.45) is 0. The number of rotatable bonds is 2. The normalized spacial score (nSPS) is 12.0. The number of anilines is 2. The van der Waals surface area contributed by atoms with Crippen LogP contribution in [0.2, 0.25) is 0 Å². The van der Waals surface area contributed by atoms with Crippen LogP contribution in [0, 0.1) is 15.0 Å². The van der Waals surface area contributed by atoms with E-state index in [0.29, 0.717) is 5.69 Å². The van der Waals surface area contributed by atoms with Gasteiger partial charge >= 0.3 is 0 Å². The van der Waals surface area contributed by atoms with Crippen LogP contribution in [0.3, 0.4) is 0 Å². The van der Waals surface area contributed by atoms with E-state index in [9.17, 15) is 15.0 Å². The molecule has 1 heterocycles. The lowest BCUT2D eigenvalue weighted by Gasteiger charge is -2.20. The first-order valence-electron chi connectivity index (χ1n) is 5.38. The van der Waals surface area contributed by atoms with Gasteiger partial charge in [-0.2, -0.15) is 0 Å². The van der Waals surface area contributed by atoms with Gasteiger partial charge in [0.25, 0.3) is 5.69 Å². The van der Waals surface area contributed by atoms with Crippen LogP contribution in [-0.4, -0.2) is 4.92 Å². The Morgan fingerprint density at radius 2 is 1.79 bits per heavy atom. The minimum absolute atomic E-state index is 0.0427. The lowest BCUT2D eigenvalue weighted by atomic mass is 10.2. The Balaban J connectivity index is 2.04. The van der Waals surface area contributed by atoms with Gasteiger partial charge in [0, 0.05) is 21.9 Å². The predicted octanol–water partition coefficient (Wildman–Crippen LogP) is 4.20. The second-order valence-corrected chi connectivity index (χ2v) is 5.02. The first-order valence-corrected chi connectivity index (χ1v) is 6.20. The smallest absolute Gasteiger partial charge is 0.270 e. The SMILES string of the molecule is O=Nc1ccc2c(c1)Sc1cc([N+](=O)[O-])ccc1N2. The molecular formula is C12H7N3O3S. The van der Waals surface area contributed by atoms with E-state index in [-0.39, 0.29) is 5.69 Å². The fraction of sp³-hybridized carbons (Fsp3) is 0. The Morgan fingerprint density at radius 3 is 2.47 bits per heavy atom. The largest absolute Gasteiger partial charge is 0.354 e. The summed E-state index contributed by atoms with van der Waals surface area (Å²) in [6.45, 7) is 0. The monoisotopic (exact) mass is 273 g/mol. The molecule has 1 aliphatic heterocycles. The summed E-state index contributed by atoms with van der Waals surface area (Å²) in [5.41, 5.74) is 2.05. The number of nitrogens with zero attached hydrogens (tertiary/aromatic N) is 2. The molecule has 1 aliphatic rings. The number of nitroso groups, excluding NO2 is 1. The van der Waals surface area contributed by atoms with Gasteiger partial charge in [-0.15, -0.1) is 4.91 Å². The van der Waals surface area contributed by atoms with Crippen LogP contribution in [0.5, 0.6) is 0 Å². The molecule has 0 saturated carbocycles. The summed E-state index contributed by atoms with van der Waals surface area (Å²) in [7, 11) is 0. The summed E-state index contributed by atoms with van der Waals surface area (Å²) < 4.78 is 0. The molecule has 1 N–H and O–H groups in total. The minimum Gasteiger partial charge on any atom is -0.354 e. The topological polar surface area (TPSA) is 84.6 Å². The molecule has 6 nitrogen and oxygen atoms in total. The van der Waals surface area contributed by atoms with Gasteiger partial charge in [-0.05, 0) is 29.4 Å². The lowest BCUT2D eigenvalue weighted by molar-refractivity contribution is -0.385. The zero-order valence-electron chi connectivity index (χ0n) is 9.49. The number of hydrogen-bond donors (Lipinski definition) is 1. The Bertz CT molecular complexity index is 703. The van der Waals surface area contributed by atoms with E-state index in [1.165, 1.54) is 23.9 Å². The Kier molecular flexibility index (Phi) is 2.68. The maximum absolute atomic E-state index is 10.8. The van der Waals surface area contributed by atoms with Gasteiger partial charge in [-0.1, -0.05) is 11.8 Å². The summed E-state index contributed by atoms with van der Waals surface area (Å²) in [5, 5.41) is 16.8. The fourth-order valence-electron chi connectivity index (χ4n) is 1.83. The molecule has 0 atom stereocenters. The number of benzene rings is 2. The Morgan fingerprint density at radius 1 is 1.11 bits per heavy atom. The van der Waals surface area contributed by atoms with Crippen molar-refractivity contribution in [3.8, 4) is 0 Å². The van der Waals surface area contributed by atoms with Crippen molar-refractivity contribution in [3.05, 3.63) is 51.4 Å². The number of fused-ring (bicyclic) bond motifs is 2. The van der Waals surface area contributed by atoms with Gasteiger partial charge in [0.15, 0.2) is 0 Å². The second kappa shape index (κ2) is 4.36. The molecule has 3 rings (SSSR count). The van der Waals surface area contributed by atoms with E-state index in [4.69, 9.17) is 0 Å². The van der Waals surface area contributed by atoms with E-state index >= 15 is 0 Å². The Hall–Kier alpha value is -2.41. The molecule has 19 heavy (non-hydrogen) atoms. The standard InChI is InChI=1S/C12H7N3O3S/c16-14-7-1-3-9-11(5-7)19-12-6-8(15(17)18)2-4-10(12)13-9/h1-6,13H. The number of non-ortho nitro benzene ring substituents is 1. The zero-order chi connectivity index (χ0) is 13.4. The van der Waals surface area contributed by atoms with Crippen LogP contribution in [0.1, 0.15) is 0 Å². The van der Waals surface area contributed by atoms with Crippen LogP contribution in [-0.2, 0) is 0 Å². The summed E-state index contributed by atoms with van der Waals surface area (Å²) >= 11 is 1.38. The van der Waals surface area contributed by atoms with Crippen LogP contribution >= 0.6 is 11.8 Å². The summed E-state index contributed by atoms with van der Waals surface area (Å²) in [6, 6.07) is 9.69. The average Bonchev–Trinajstić information content (AvgIpc) is 2.43. The van der Waals surface area contributed by atoms with E-state index in [1.54, 1.807) is 24.3 Å². The van der Waals surface area contributed by atoms with Crippen molar-refractivity contribution < 1.29 is 4.92 Å². The molecular weight excluding hydrogens is 266 g/mol. The number of nitrogens with one attached hydrogen (secondary N) is 1. The van der Waals surface area contributed by atoms with Gasteiger partial charge < -0.3 is 5.32 Å². The van der Waals surface area contributed by atoms with Gasteiger partial charge in [0.1, 0.15) is 5.69 Å². The molecule has 2 aromatic rings. The highest BCUT2D eigenvalue weighted by molar-refractivity contribution is 7.99. The molecule has 0 spiro atoms. The third-order valence-corrected chi connectivity index (χ3v) is 3.85. The molecule has 0 bridgehead atoms. The Labute approximate surface area is 112 Å². The van der Waals surface area contributed by atoms with Gasteiger partial charge in [-0.25, -0.2) is 0 Å². The highest BCUT2D eigenvalue weighted by atomic mass is 32.2. The lowest BCUT2D eigenvalue weighted by Crippen LogP contribution is -2.00. The second-order valence-electron chi connectivity index (χ2n) is 3.94. The average molecular weight is 273 g/mol. The highest BCUT2D eigenvalue weighted by Crippen LogP contribution is 2.46. The van der Waals surface area contributed by atoms with Crippen LogP contribution in [0.25, 0.3) is 0 Å². The molecule has 0 amide bonds. The van der Waals surface area contributed by atoms with Crippen molar-refractivity contribution in [2.75, 3.05) is 5.32 Å². The van der Waals surface area contributed by atoms with E-state index < -0.39 is 4.92 Å². The first kappa shape index (κ1) is 11.7. The quantitative estimate of drug-likeness (QED) is 0.429. The summed E-state index contributed by atoms with van der Waals surface area (Å²) in [4.78, 5) is 22.4. The summed E-state index contributed by atoms with van der Waals surface area (Å²) in [5.74, 6) is 0. The van der Waals surface area contributed by atoms with Gasteiger partial charge in [0.05, 0.1) is 16.3 Å². The number of nitro groups is 1. The molecule has 2 aromatic carbocycles. The first-order chi connectivity index (χ1) is 9.17. The van der Waals surface area contributed by atoms with Gasteiger partial charge in [-0.3, -0.25) is 10.1 Å². The molecule has 0 unspecified atom stereocenters. The van der Waals surface area contributed by atoms with Crippen LogP contribution < -0.4 is 5.32 Å². The number of nitro benzene ring substituents is 1. The maximum atomic E-state index is 10.8. The van der Waals surface area contributed by atoms with E-state index in [1.807, 2.05) is 0 Å². The molecule has 94 valence electrons. The molecule has 0 fully saturated rings. The van der Waals surface area contributed by atoms with Crippen molar-refractivity contribution in [2.24, 2.45) is 5.18 Å². The third kappa shape index (κ3) is 2.04. The van der Waals surface area contributed by atoms with Crippen LogP contribution in [0.4, 0.5) is 22.7 Å². The van der Waals surface area contributed by atoms with Crippen LogP contribution in [0.15, 0.2) is 51.4 Å². The highest BCUT2D eigenvalue weighted by Gasteiger charge is 2.19. The fourth-order valence-corrected chi connectivity index (χ4v) is 2.89. The maximum Gasteiger partial charge on any atom is 0.270 e. The third-order valence-electron chi connectivity index (χ3n) is 2.74. The van der Waals surface area contributed by atoms with Crippen molar-refractivity contribution >= 4 is 34.5 Å². The molecule has 0 aliphatic carbocycles. The van der Waals surface area contributed by atoms with E-state index in [2.05, 4.69) is 10.5 Å². The predicted molar refractivity (Wildman–Crippen MR) is 72.4 cm³/mol. The zero-order valence-corrected chi connectivity index (χ0v) is 10.3. The molecule has 0 radical (unpaired) electrons. The molecule has 0 aromatic heterocycles. The van der Waals surface area contributed by atoms with Crippen molar-refractivity contribution in [1.29, 1.82) is 0 Å². The van der Waals surface area contributed by atoms with Crippen molar-refractivity contribution in [3.63, 3.8) is 0 Å². The van der Waals surface area contributed by atoms with Crippen molar-refractivity contribution in [2.45, 2.75) is 9.79 Å². The number of hydrogen-bond acceptors (Lipinski definition) is 6.